The summed E-state index contributed by atoms with van der Waals surface area (Å²) in [5, 5.41) is 16.7. The summed E-state index contributed by atoms with van der Waals surface area (Å²) >= 11 is 0. The minimum Gasteiger partial charge on any atom is -0.407 e. The highest BCUT2D eigenvalue weighted by atomic mass is 16.4. The van der Waals surface area contributed by atoms with Gasteiger partial charge in [-0.3, -0.25) is 4.79 Å². The zero-order valence-electron chi connectivity index (χ0n) is 12.9. The van der Waals surface area contributed by atoms with E-state index in [1.165, 1.54) is 0 Å². The first-order chi connectivity index (χ1) is 9.35. The van der Waals surface area contributed by atoms with Gasteiger partial charge in [-0.15, -0.1) is 5.10 Å². The summed E-state index contributed by atoms with van der Waals surface area (Å²) in [5.41, 5.74) is -0.542. The Labute approximate surface area is 119 Å². The first-order valence-corrected chi connectivity index (χ1v) is 6.84. The van der Waals surface area contributed by atoms with Gasteiger partial charge in [-0.2, -0.15) is 0 Å². The monoisotopic (exact) mass is 283 g/mol. The highest BCUT2D eigenvalue weighted by Gasteiger charge is 2.26. The third-order valence-corrected chi connectivity index (χ3v) is 2.82. The zero-order chi connectivity index (χ0) is 15.2. The number of hydrogen-bond donors (Lipinski definition) is 3. The van der Waals surface area contributed by atoms with E-state index in [1.54, 1.807) is 7.05 Å². The van der Waals surface area contributed by atoms with Crippen LogP contribution in [0.4, 0.5) is 6.01 Å². The minimum atomic E-state index is -0.542. The second-order valence-electron chi connectivity index (χ2n) is 5.84. The molecule has 1 rings (SSSR count). The normalized spacial score (nSPS) is 11.7. The molecule has 0 unspecified atom stereocenters. The Hall–Kier alpha value is -1.63. The van der Waals surface area contributed by atoms with Crippen molar-refractivity contribution in [3.05, 3.63) is 5.89 Å². The zero-order valence-corrected chi connectivity index (χ0v) is 12.9. The fourth-order valence-electron chi connectivity index (χ4n) is 1.58. The molecule has 1 heterocycles. The topological polar surface area (TPSA) is 92.1 Å². The van der Waals surface area contributed by atoms with Crippen LogP contribution in [-0.2, 0) is 11.3 Å². The average Bonchev–Trinajstić information content (AvgIpc) is 2.83. The Kier molecular flexibility index (Phi) is 5.94. The predicted molar refractivity (Wildman–Crippen MR) is 77.2 cm³/mol. The molecule has 1 aromatic heterocycles. The lowest BCUT2D eigenvalue weighted by Gasteiger charge is -2.21. The van der Waals surface area contributed by atoms with Crippen LogP contribution in [0.15, 0.2) is 4.42 Å². The quantitative estimate of drug-likeness (QED) is 0.659. The highest BCUT2D eigenvalue weighted by Crippen LogP contribution is 2.16. The maximum Gasteiger partial charge on any atom is 0.315 e. The number of carbonyl (C=O) groups excluding carboxylic acids is 1. The van der Waals surface area contributed by atoms with Crippen molar-refractivity contribution in [1.29, 1.82) is 0 Å². The molecule has 0 aromatic carbocycles. The van der Waals surface area contributed by atoms with E-state index in [2.05, 4.69) is 40.0 Å². The fraction of sp³-hybridized carbons (Fsp3) is 0.769. The Morgan fingerprint density at radius 1 is 1.35 bits per heavy atom. The van der Waals surface area contributed by atoms with Gasteiger partial charge in [0.25, 0.3) is 0 Å². The van der Waals surface area contributed by atoms with Crippen molar-refractivity contribution in [3.63, 3.8) is 0 Å². The van der Waals surface area contributed by atoms with Crippen LogP contribution in [0.2, 0.25) is 0 Å². The summed E-state index contributed by atoms with van der Waals surface area (Å²) in [5.74, 6) is 1.07. The Morgan fingerprint density at radius 3 is 2.65 bits per heavy atom. The van der Waals surface area contributed by atoms with Crippen molar-refractivity contribution < 1.29 is 9.21 Å². The maximum atomic E-state index is 11.6. The van der Waals surface area contributed by atoms with Crippen LogP contribution >= 0.6 is 0 Å². The van der Waals surface area contributed by atoms with Gasteiger partial charge in [0, 0.05) is 13.6 Å². The van der Waals surface area contributed by atoms with Gasteiger partial charge in [-0.25, -0.2) is 0 Å². The number of amides is 1. The minimum absolute atomic E-state index is 0.0386. The number of hydrogen-bond acceptors (Lipinski definition) is 6. The Balaban J connectivity index is 2.42. The first kappa shape index (κ1) is 16.4. The molecule has 0 saturated heterocycles. The van der Waals surface area contributed by atoms with Crippen molar-refractivity contribution in [2.24, 2.45) is 11.3 Å². The standard InChI is InChI=1S/C13H25N5O2/c1-9(2)6-15-7-10-17-18-12(20-10)16-8-13(3,4)11(19)14-5/h9,15H,6-8H2,1-5H3,(H,14,19)(H,16,18). The Morgan fingerprint density at radius 2 is 2.05 bits per heavy atom. The van der Waals surface area contributed by atoms with Gasteiger partial charge in [0.05, 0.1) is 12.0 Å². The Bertz CT molecular complexity index is 428. The second kappa shape index (κ2) is 7.23. The second-order valence-corrected chi connectivity index (χ2v) is 5.84. The summed E-state index contributed by atoms with van der Waals surface area (Å²) in [7, 11) is 1.62. The van der Waals surface area contributed by atoms with Gasteiger partial charge in [-0.1, -0.05) is 18.9 Å². The molecule has 0 fully saturated rings. The smallest absolute Gasteiger partial charge is 0.315 e. The van der Waals surface area contributed by atoms with E-state index in [0.717, 1.165) is 6.54 Å². The average molecular weight is 283 g/mol. The highest BCUT2D eigenvalue weighted by molar-refractivity contribution is 5.82. The molecule has 0 aliphatic rings. The maximum absolute atomic E-state index is 11.6. The molecule has 20 heavy (non-hydrogen) atoms. The van der Waals surface area contributed by atoms with Gasteiger partial charge in [0.1, 0.15) is 0 Å². The number of carbonyl (C=O) groups is 1. The molecule has 0 saturated carbocycles. The van der Waals surface area contributed by atoms with Crippen LogP contribution in [0.5, 0.6) is 0 Å². The molecule has 0 aliphatic heterocycles. The molecule has 7 nitrogen and oxygen atoms in total. The molecule has 0 bridgehead atoms. The summed E-state index contributed by atoms with van der Waals surface area (Å²) in [6, 6.07) is 0.336. The SMILES string of the molecule is CNC(=O)C(C)(C)CNc1nnc(CNCC(C)C)o1. The molecule has 0 aliphatic carbocycles. The van der Waals surface area contributed by atoms with Gasteiger partial charge >= 0.3 is 6.01 Å². The largest absolute Gasteiger partial charge is 0.407 e. The van der Waals surface area contributed by atoms with Gasteiger partial charge < -0.3 is 20.4 Å². The lowest BCUT2D eigenvalue weighted by Crippen LogP contribution is -2.39. The number of nitrogens with one attached hydrogen (secondary N) is 3. The van der Waals surface area contributed by atoms with Crippen LogP contribution in [-0.4, -0.2) is 36.2 Å². The van der Waals surface area contributed by atoms with Crippen LogP contribution in [0.1, 0.15) is 33.6 Å². The molecular weight excluding hydrogens is 258 g/mol. The van der Waals surface area contributed by atoms with Crippen LogP contribution < -0.4 is 16.0 Å². The van der Waals surface area contributed by atoms with Crippen molar-refractivity contribution in [2.75, 3.05) is 25.5 Å². The lowest BCUT2D eigenvalue weighted by molar-refractivity contribution is -0.128. The van der Waals surface area contributed by atoms with E-state index in [-0.39, 0.29) is 5.91 Å². The number of aromatic nitrogens is 2. The third-order valence-electron chi connectivity index (χ3n) is 2.82. The van der Waals surface area contributed by atoms with Crippen LogP contribution in [0, 0.1) is 11.3 Å². The first-order valence-electron chi connectivity index (χ1n) is 6.84. The van der Waals surface area contributed by atoms with E-state index in [9.17, 15) is 4.79 Å². The molecular formula is C13H25N5O2. The molecule has 0 radical (unpaired) electrons. The molecule has 1 amide bonds. The number of anilines is 1. The summed E-state index contributed by atoms with van der Waals surface area (Å²) in [6.45, 7) is 9.83. The van der Waals surface area contributed by atoms with Crippen LogP contribution in [0.25, 0.3) is 0 Å². The molecule has 3 N–H and O–H groups in total. The van der Waals surface area contributed by atoms with E-state index in [0.29, 0.717) is 30.9 Å². The molecule has 7 heteroatoms. The predicted octanol–water partition coefficient (Wildman–Crippen LogP) is 0.999. The van der Waals surface area contributed by atoms with Crippen molar-refractivity contribution in [3.8, 4) is 0 Å². The van der Waals surface area contributed by atoms with E-state index >= 15 is 0 Å². The number of nitrogens with zero attached hydrogens (tertiary/aromatic N) is 2. The van der Waals surface area contributed by atoms with Crippen molar-refractivity contribution in [2.45, 2.75) is 34.2 Å². The van der Waals surface area contributed by atoms with Crippen LogP contribution in [0.3, 0.4) is 0 Å². The van der Waals surface area contributed by atoms with Gasteiger partial charge in [0.15, 0.2) is 0 Å². The third kappa shape index (κ3) is 5.16. The van der Waals surface area contributed by atoms with Gasteiger partial charge in [-0.05, 0) is 26.3 Å². The molecule has 1 aromatic rings. The fourth-order valence-corrected chi connectivity index (χ4v) is 1.58. The lowest BCUT2D eigenvalue weighted by atomic mass is 9.92. The number of rotatable bonds is 8. The molecule has 114 valence electrons. The summed E-state index contributed by atoms with van der Waals surface area (Å²) in [6.07, 6.45) is 0. The molecule has 0 atom stereocenters. The van der Waals surface area contributed by atoms with Crippen molar-refractivity contribution >= 4 is 11.9 Å². The van der Waals surface area contributed by atoms with E-state index in [1.807, 2.05) is 13.8 Å². The summed E-state index contributed by atoms with van der Waals surface area (Å²) in [4.78, 5) is 11.6. The van der Waals surface area contributed by atoms with Gasteiger partial charge in [0.2, 0.25) is 11.8 Å². The van der Waals surface area contributed by atoms with Crippen molar-refractivity contribution in [1.82, 2.24) is 20.8 Å². The molecule has 0 spiro atoms. The summed E-state index contributed by atoms with van der Waals surface area (Å²) < 4.78 is 5.45. The van der Waals surface area contributed by atoms with E-state index < -0.39 is 5.41 Å². The van der Waals surface area contributed by atoms with E-state index in [4.69, 9.17) is 4.42 Å².